The molecule has 1 unspecified atom stereocenters. The van der Waals surface area contributed by atoms with Crippen LogP contribution >= 0.6 is 7.82 Å². The Morgan fingerprint density at radius 3 is 1.26 bits per heavy atom. The standard InChI is InChI=1S/C49H96NO10P/c1-5-7-9-11-13-15-17-19-21-23-25-27-29-31-35-39-48(53)57-44-46(45-59-61(55,56)58-43-42-50(3,4)41-37-33-34-38-47(51)52)60-49(54)40-36-32-30-28-26-24-22-20-18-16-14-12-10-8-6-2/h46H,5-45H2,1-4H3,(H-,51,52,55,56)/t46-/m1/s1. The Bertz CT molecular complexity index is 1070. The summed E-state index contributed by atoms with van der Waals surface area (Å²) in [5, 5.41) is 8.82. The summed E-state index contributed by atoms with van der Waals surface area (Å²) in [6.45, 7) is 4.78. The van der Waals surface area contributed by atoms with Gasteiger partial charge in [0.25, 0.3) is 7.82 Å². The van der Waals surface area contributed by atoms with Crippen LogP contribution in [0.4, 0.5) is 0 Å². The van der Waals surface area contributed by atoms with Gasteiger partial charge in [-0.15, -0.1) is 0 Å². The van der Waals surface area contributed by atoms with Crippen LogP contribution < -0.4 is 4.89 Å². The Morgan fingerprint density at radius 2 is 0.852 bits per heavy atom. The van der Waals surface area contributed by atoms with Crippen molar-refractivity contribution in [1.82, 2.24) is 0 Å². The minimum Gasteiger partial charge on any atom is -0.756 e. The molecule has 0 saturated carbocycles. The lowest BCUT2D eigenvalue weighted by Gasteiger charge is -2.31. The van der Waals surface area contributed by atoms with Gasteiger partial charge in [0.05, 0.1) is 27.2 Å². The van der Waals surface area contributed by atoms with E-state index in [1.165, 1.54) is 148 Å². The predicted molar refractivity (Wildman–Crippen MR) is 247 cm³/mol. The molecule has 0 aliphatic heterocycles. The lowest BCUT2D eigenvalue weighted by atomic mass is 10.0. The minimum absolute atomic E-state index is 0.0964. The molecule has 2 atom stereocenters. The number of phosphoric ester groups is 1. The Labute approximate surface area is 374 Å². The largest absolute Gasteiger partial charge is 0.756 e. The van der Waals surface area contributed by atoms with E-state index in [4.69, 9.17) is 23.6 Å². The van der Waals surface area contributed by atoms with Gasteiger partial charge < -0.3 is 33.0 Å². The van der Waals surface area contributed by atoms with Gasteiger partial charge in [-0.2, -0.15) is 0 Å². The third kappa shape index (κ3) is 44.9. The molecule has 0 fully saturated rings. The molecule has 0 bridgehead atoms. The number of phosphoric acid groups is 1. The lowest BCUT2D eigenvalue weighted by Crippen LogP contribution is -2.43. The molecule has 0 aliphatic carbocycles. The van der Waals surface area contributed by atoms with Crippen LogP contribution in [-0.2, 0) is 37.5 Å². The van der Waals surface area contributed by atoms with Gasteiger partial charge in [0, 0.05) is 19.3 Å². The molecule has 0 aromatic carbocycles. The lowest BCUT2D eigenvalue weighted by molar-refractivity contribution is -0.890. The van der Waals surface area contributed by atoms with E-state index in [9.17, 15) is 23.8 Å². The number of unbranched alkanes of at least 4 members (excludes halogenated alkanes) is 30. The van der Waals surface area contributed by atoms with Crippen LogP contribution in [0.25, 0.3) is 0 Å². The summed E-state index contributed by atoms with van der Waals surface area (Å²) in [5.41, 5.74) is 0. The number of carboxylic acids is 1. The van der Waals surface area contributed by atoms with Crippen LogP contribution in [0.3, 0.4) is 0 Å². The maximum atomic E-state index is 12.8. The number of ether oxygens (including phenoxy) is 2. The number of esters is 2. The fourth-order valence-corrected chi connectivity index (χ4v) is 8.35. The van der Waals surface area contributed by atoms with E-state index in [0.717, 1.165) is 57.9 Å². The molecule has 0 amide bonds. The zero-order valence-corrected chi connectivity index (χ0v) is 41.0. The van der Waals surface area contributed by atoms with E-state index < -0.39 is 38.4 Å². The van der Waals surface area contributed by atoms with Crippen LogP contribution in [0.2, 0.25) is 0 Å². The monoisotopic (exact) mass is 890 g/mol. The molecule has 0 saturated heterocycles. The van der Waals surface area contributed by atoms with Crippen molar-refractivity contribution in [2.75, 3.05) is 47.0 Å². The van der Waals surface area contributed by atoms with Gasteiger partial charge in [0.15, 0.2) is 6.10 Å². The van der Waals surface area contributed by atoms with Crippen molar-refractivity contribution in [3.05, 3.63) is 0 Å². The highest BCUT2D eigenvalue weighted by molar-refractivity contribution is 7.45. The molecule has 0 radical (unpaired) electrons. The number of carbonyl (C=O) groups excluding carboxylic acids is 2. The van der Waals surface area contributed by atoms with E-state index in [1.54, 1.807) is 0 Å². The van der Waals surface area contributed by atoms with Crippen LogP contribution in [0, 0.1) is 0 Å². The van der Waals surface area contributed by atoms with Crippen LogP contribution in [0.5, 0.6) is 0 Å². The fourth-order valence-electron chi connectivity index (χ4n) is 7.62. The number of carboxylic acid groups (broad SMARTS) is 1. The molecule has 0 rings (SSSR count). The summed E-state index contributed by atoms with van der Waals surface area (Å²) in [6.07, 6.45) is 38.7. The third-order valence-electron chi connectivity index (χ3n) is 11.7. The predicted octanol–water partition coefficient (Wildman–Crippen LogP) is 13.2. The van der Waals surface area contributed by atoms with Crippen molar-refractivity contribution < 1.29 is 52.0 Å². The molecule has 1 N–H and O–H groups in total. The molecule has 0 spiro atoms. The maximum Gasteiger partial charge on any atom is 0.306 e. The van der Waals surface area contributed by atoms with Crippen LogP contribution in [-0.4, -0.2) is 80.6 Å². The van der Waals surface area contributed by atoms with Gasteiger partial charge in [-0.1, -0.05) is 194 Å². The summed E-state index contributed by atoms with van der Waals surface area (Å²) in [7, 11) is -0.813. The zero-order valence-electron chi connectivity index (χ0n) is 40.1. The number of rotatable bonds is 48. The second-order valence-corrected chi connectivity index (χ2v) is 19.8. The van der Waals surface area contributed by atoms with Crippen molar-refractivity contribution in [3.8, 4) is 0 Å². The van der Waals surface area contributed by atoms with Crippen molar-refractivity contribution in [2.24, 2.45) is 0 Å². The maximum absolute atomic E-state index is 12.8. The highest BCUT2D eigenvalue weighted by Crippen LogP contribution is 2.38. The average molecular weight is 890 g/mol. The summed E-state index contributed by atoms with van der Waals surface area (Å²) in [5.74, 6) is -1.67. The second kappa shape index (κ2) is 42.4. The normalized spacial score (nSPS) is 13.3. The van der Waals surface area contributed by atoms with Crippen molar-refractivity contribution in [3.63, 3.8) is 0 Å². The van der Waals surface area contributed by atoms with Crippen LogP contribution in [0.15, 0.2) is 0 Å². The first kappa shape index (κ1) is 59.5. The van der Waals surface area contributed by atoms with Gasteiger partial charge in [0.1, 0.15) is 19.8 Å². The Kier molecular flexibility index (Phi) is 41.4. The van der Waals surface area contributed by atoms with Gasteiger partial charge in [0.2, 0.25) is 0 Å². The zero-order chi connectivity index (χ0) is 45.1. The molecule has 61 heavy (non-hydrogen) atoms. The van der Waals surface area contributed by atoms with E-state index in [-0.39, 0.29) is 32.5 Å². The summed E-state index contributed by atoms with van der Waals surface area (Å²) in [6, 6.07) is 0. The van der Waals surface area contributed by atoms with Gasteiger partial charge in [-0.3, -0.25) is 18.9 Å². The average Bonchev–Trinajstić information content (AvgIpc) is 3.21. The smallest absolute Gasteiger partial charge is 0.306 e. The Balaban J connectivity index is 4.56. The first-order chi connectivity index (χ1) is 29.4. The van der Waals surface area contributed by atoms with Crippen LogP contribution in [0.1, 0.15) is 245 Å². The Morgan fingerprint density at radius 1 is 0.492 bits per heavy atom. The highest BCUT2D eigenvalue weighted by atomic mass is 31.2. The fraction of sp³-hybridized carbons (Fsp3) is 0.939. The number of aliphatic carboxylic acids is 1. The number of hydrogen-bond acceptors (Lipinski definition) is 9. The number of carbonyl (C=O) groups is 3. The van der Waals surface area contributed by atoms with Gasteiger partial charge in [-0.05, 0) is 32.1 Å². The molecular formula is C49H96NO10P. The number of likely N-dealkylation sites (N-methyl/N-ethyl adjacent to an activating group) is 1. The summed E-state index contributed by atoms with van der Waals surface area (Å²) >= 11 is 0. The Hall–Kier alpha value is -1.52. The molecule has 0 aliphatic rings. The topological polar surface area (TPSA) is 148 Å². The molecule has 0 aromatic rings. The molecule has 0 heterocycles. The third-order valence-corrected chi connectivity index (χ3v) is 12.7. The van der Waals surface area contributed by atoms with Crippen molar-refractivity contribution in [2.45, 2.75) is 251 Å². The highest BCUT2D eigenvalue weighted by Gasteiger charge is 2.22. The number of quaternary nitrogens is 1. The molecule has 12 heteroatoms. The first-order valence-corrected chi connectivity index (χ1v) is 26.9. The van der Waals surface area contributed by atoms with Crippen molar-refractivity contribution >= 4 is 25.7 Å². The molecule has 11 nitrogen and oxygen atoms in total. The van der Waals surface area contributed by atoms with E-state index in [0.29, 0.717) is 23.9 Å². The molecular weight excluding hydrogens is 794 g/mol. The first-order valence-electron chi connectivity index (χ1n) is 25.4. The SMILES string of the molecule is CCCCCCCCCCCCCCCCCC(=O)OC[C@H](COP(=O)([O-])OCC[N+](C)(C)CCCCCC(=O)O)OC(=O)CCCCCCCCCCCCCCCCC. The second-order valence-electron chi connectivity index (χ2n) is 18.4. The summed E-state index contributed by atoms with van der Waals surface area (Å²) in [4.78, 5) is 48.8. The summed E-state index contributed by atoms with van der Waals surface area (Å²) < 4.78 is 34.5. The quantitative estimate of drug-likeness (QED) is 0.0271. The molecule has 0 aromatic heterocycles. The van der Waals surface area contributed by atoms with E-state index in [1.807, 2.05) is 14.1 Å². The van der Waals surface area contributed by atoms with Gasteiger partial charge >= 0.3 is 17.9 Å². The molecule has 362 valence electrons. The van der Waals surface area contributed by atoms with Gasteiger partial charge in [-0.25, -0.2) is 0 Å². The van der Waals surface area contributed by atoms with Crippen molar-refractivity contribution in [1.29, 1.82) is 0 Å². The number of nitrogens with zero attached hydrogens (tertiary/aromatic N) is 1. The minimum atomic E-state index is -4.73. The van der Waals surface area contributed by atoms with E-state index in [2.05, 4.69) is 13.8 Å². The number of hydrogen-bond donors (Lipinski definition) is 1. The van der Waals surface area contributed by atoms with E-state index >= 15 is 0 Å².